The van der Waals surface area contributed by atoms with Gasteiger partial charge in [-0.3, -0.25) is 4.68 Å². The molecule has 0 saturated heterocycles. The largest absolute Gasteiger partial charge is 0.490 e. The van der Waals surface area contributed by atoms with Crippen molar-refractivity contribution in [2.24, 2.45) is 7.05 Å². The van der Waals surface area contributed by atoms with Crippen LogP contribution < -0.4 is 15.4 Å². The number of nitrogens with zero attached hydrogens (tertiary/aromatic N) is 4. The molecule has 2 heterocycles. The quantitative estimate of drug-likeness (QED) is 0.883. The molecule has 0 aromatic carbocycles. The lowest BCUT2D eigenvalue weighted by atomic mass is 10.3. The Balaban J connectivity index is 2.16. The van der Waals surface area contributed by atoms with Crippen molar-refractivity contribution in [2.75, 3.05) is 24.8 Å². The van der Waals surface area contributed by atoms with Crippen molar-refractivity contribution in [3.63, 3.8) is 0 Å². The van der Waals surface area contributed by atoms with Gasteiger partial charge >= 0.3 is 0 Å². The Morgan fingerprint density at radius 2 is 2.35 bits per heavy atom. The Kier molecular flexibility index (Phi) is 3.19. The minimum atomic E-state index is 0.436. The van der Waals surface area contributed by atoms with Gasteiger partial charge in [0, 0.05) is 32.4 Å². The van der Waals surface area contributed by atoms with E-state index in [1.807, 2.05) is 31.4 Å². The van der Waals surface area contributed by atoms with E-state index in [1.165, 1.54) is 11.5 Å². The van der Waals surface area contributed by atoms with Gasteiger partial charge in [-0.1, -0.05) is 0 Å². The second kappa shape index (κ2) is 4.62. The first-order valence-electron chi connectivity index (χ1n) is 5.09. The van der Waals surface area contributed by atoms with Crippen molar-refractivity contribution >= 4 is 22.4 Å². The predicted molar refractivity (Wildman–Crippen MR) is 68.4 cm³/mol. The van der Waals surface area contributed by atoms with E-state index in [0.29, 0.717) is 11.6 Å². The number of nitrogens with two attached hydrogens (primary N) is 1. The number of hydrogen-bond donors (Lipinski definition) is 1. The molecular weight excluding hydrogens is 238 g/mol. The van der Waals surface area contributed by atoms with E-state index in [2.05, 4.69) is 9.47 Å². The monoisotopic (exact) mass is 253 g/mol. The van der Waals surface area contributed by atoms with Crippen LogP contribution >= 0.6 is 11.5 Å². The molecule has 0 unspecified atom stereocenters. The van der Waals surface area contributed by atoms with Crippen LogP contribution in [0.1, 0.15) is 5.56 Å². The first-order valence-corrected chi connectivity index (χ1v) is 5.87. The van der Waals surface area contributed by atoms with Gasteiger partial charge in [-0.05, 0) is 11.5 Å². The minimum Gasteiger partial charge on any atom is -0.490 e. The van der Waals surface area contributed by atoms with E-state index < -0.39 is 0 Å². The number of hydrogen-bond acceptors (Lipinski definition) is 6. The van der Waals surface area contributed by atoms with Crippen LogP contribution in [0.3, 0.4) is 0 Å². The average Bonchev–Trinajstić information content (AvgIpc) is 2.84. The predicted octanol–water partition coefficient (Wildman–Crippen LogP) is 1.10. The van der Waals surface area contributed by atoms with E-state index >= 15 is 0 Å². The van der Waals surface area contributed by atoms with Crippen molar-refractivity contribution in [1.82, 2.24) is 14.2 Å². The van der Waals surface area contributed by atoms with Gasteiger partial charge in [0.25, 0.3) is 0 Å². The minimum absolute atomic E-state index is 0.436. The van der Waals surface area contributed by atoms with Gasteiger partial charge in [-0.2, -0.15) is 9.47 Å². The standard InChI is InChI=1S/C10H15N5OS/c1-14(5-7-4-12-15(2)6-7)10-8(16-3)9(11)13-17-10/h4,6H,5H2,1-3H3,(H2,11,13). The number of methoxy groups -OCH3 is 1. The van der Waals surface area contributed by atoms with E-state index in [0.717, 1.165) is 17.1 Å². The molecule has 6 nitrogen and oxygen atoms in total. The Hall–Kier alpha value is -1.76. The SMILES string of the molecule is COc1c(N)nsc1N(C)Cc1cnn(C)c1. The summed E-state index contributed by atoms with van der Waals surface area (Å²) in [6.07, 6.45) is 3.82. The summed E-state index contributed by atoms with van der Waals surface area (Å²) in [6.45, 7) is 0.742. The van der Waals surface area contributed by atoms with Crippen molar-refractivity contribution in [3.05, 3.63) is 18.0 Å². The van der Waals surface area contributed by atoms with Crippen molar-refractivity contribution in [2.45, 2.75) is 6.54 Å². The molecule has 2 rings (SSSR count). The molecule has 0 aliphatic carbocycles. The maximum Gasteiger partial charge on any atom is 0.197 e. The number of nitrogen functional groups attached to an aromatic ring is 1. The van der Waals surface area contributed by atoms with Gasteiger partial charge in [0.05, 0.1) is 13.3 Å². The van der Waals surface area contributed by atoms with Crippen molar-refractivity contribution < 1.29 is 4.74 Å². The fourth-order valence-corrected chi connectivity index (χ4v) is 2.36. The zero-order valence-corrected chi connectivity index (χ0v) is 10.9. The molecule has 2 aromatic heterocycles. The average molecular weight is 253 g/mol. The molecule has 0 amide bonds. The number of aromatic nitrogens is 3. The van der Waals surface area contributed by atoms with Gasteiger partial charge in [-0.25, -0.2) is 0 Å². The normalized spacial score (nSPS) is 10.5. The Morgan fingerprint density at radius 1 is 1.59 bits per heavy atom. The molecule has 0 atom stereocenters. The molecule has 0 spiro atoms. The molecule has 2 N–H and O–H groups in total. The highest BCUT2D eigenvalue weighted by atomic mass is 32.1. The number of rotatable bonds is 4. The van der Waals surface area contributed by atoms with Gasteiger partial charge in [0.15, 0.2) is 16.6 Å². The third kappa shape index (κ3) is 2.33. The lowest BCUT2D eigenvalue weighted by Gasteiger charge is -2.16. The number of anilines is 2. The van der Waals surface area contributed by atoms with Crippen LogP contribution in [0.15, 0.2) is 12.4 Å². The molecular formula is C10H15N5OS. The van der Waals surface area contributed by atoms with Crippen molar-refractivity contribution in [1.29, 1.82) is 0 Å². The van der Waals surface area contributed by atoms with E-state index in [1.54, 1.807) is 11.8 Å². The summed E-state index contributed by atoms with van der Waals surface area (Å²) in [5.41, 5.74) is 6.85. The Bertz CT molecular complexity index is 507. The van der Waals surface area contributed by atoms with Crippen LogP contribution in [0.5, 0.6) is 5.75 Å². The molecule has 92 valence electrons. The topological polar surface area (TPSA) is 69.2 Å². The number of ether oxygens (including phenoxy) is 1. The lowest BCUT2D eigenvalue weighted by molar-refractivity contribution is 0.418. The van der Waals surface area contributed by atoms with E-state index in [4.69, 9.17) is 10.5 Å². The zero-order valence-electron chi connectivity index (χ0n) is 10.0. The summed E-state index contributed by atoms with van der Waals surface area (Å²) in [5, 5.41) is 5.06. The molecule has 0 aliphatic heterocycles. The second-order valence-corrected chi connectivity index (χ2v) is 4.54. The summed E-state index contributed by atoms with van der Waals surface area (Å²) >= 11 is 1.33. The van der Waals surface area contributed by atoms with Gasteiger partial charge in [-0.15, -0.1) is 0 Å². The highest BCUT2D eigenvalue weighted by Gasteiger charge is 2.16. The third-order valence-electron chi connectivity index (χ3n) is 2.39. The van der Waals surface area contributed by atoms with E-state index in [9.17, 15) is 0 Å². The van der Waals surface area contributed by atoms with Gasteiger partial charge in [0.2, 0.25) is 0 Å². The highest BCUT2D eigenvalue weighted by Crippen LogP contribution is 2.37. The zero-order chi connectivity index (χ0) is 12.4. The molecule has 0 fully saturated rings. The molecule has 2 aromatic rings. The smallest absolute Gasteiger partial charge is 0.197 e. The van der Waals surface area contributed by atoms with Crippen LogP contribution in [0.25, 0.3) is 0 Å². The van der Waals surface area contributed by atoms with Crippen LogP contribution in [0.4, 0.5) is 10.8 Å². The first-order chi connectivity index (χ1) is 8.11. The third-order valence-corrected chi connectivity index (χ3v) is 3.34. The Labute approximate surface area is 104 Å². The summed E-state index contributed by atoms with van der Waals surface area (Å²) < 4.78 is 11.1. The molecule has 0 radical (unpaired) electrons. The van der Waals surface area contributed by atoms with E-state index in [-0.39, 0.29) is 0 Å². The molecule has 0 bridgehead atoms. The first kappa shape index (κ1) is 11.7. The number of aryl methyl sites for hydroxylation is 1. The lowest BCUT2D eigenvalue weighted by Crippen LogP contribution is -2.15. The fourth-order valence-electron chi connectivity index (χ4n) is 1.62. The summed E-state index contributed by atoms with van der Waals surface area (Å²) in [7, 11) is 5.47. The fraction of sp³-hybridized carbons (Fsp3) is 0.400. The van der Waals surface area contributed by atoms with Gasteiger partial charge < -0.3 is 15.4 Å². The molecule has 0 saturated carbocycles. The molecule has 0 aliphatic rings. The maximum atomic E-state index is 5.72. The second-order valence-electron chi connectivity index (χ2n) is 3.78. The summed E-state index contributed by atoms with van der Waals surface area (Å²) in [4.78, 5) is 2.05. The van der Waals surface area contributed by atoms with Crippen molar-refractivity contribution in [3.8, 4) is 5.75 Å². The van der Waals surface area contributed by atoms with Gasteiger partial charge in [0.1, 0.15) is 0 Å². The molecule has 17 heavy (non-hydrogen) atoms. The van der Waals surface area contributed by atoms with Crippen LogP contribution in [-0.4, -0.2) is 28.3 Å². The van der Waals surface area contributed by atoms with Crippen LogP contribution in [-0.2, 0) is 13.6 Å². The summed E-state index contributed by atoms with van der Waals surface area (Å²) in [6, 6.07) is 0. The Morgan fingerprint density at radius 3 is 2.94 bits per heavy atom. The molecule has 7 heteroatoms. The highest BCUT2D eigenvalue weighted by molar-refractivity contribution is 7.11. The van der Waals surface area contributed by atoms with Crippen LogP contribution in [0, 0.1) is 0 Å². The maximum absolute atomic E-state index is 5.72. The van der Waals surface area contributed by atoms with Crippen LogP contribution in [0.2, 0.25) is 0 Å². The summed E-state index contributed by atoms with van der Waals surface area (Å²) in [5.74, 6) is 1.08.